The molecule has 342 valence electrons. The number of aliphatic hydroxyl groups excluding tert-OH is 2. The number of carbonyl (C=O) groups excluding carboxylic acids is 2. The minimum absolute atomic E-state index is 0.0359. The smallest absolute Gasteiger partial charge is 0.462 e. The summed E-state index contributed by atoms with van der Waals surface area (Å²) < 4.78 is 32.5. The lowest BCUT2D eigenvalue weighted by atomic mass is 10.2. The Morgan fingerprint density at radius 3 is 1.30 bits per heavy atom. The number of esters is 2. The first-order valence-electron chi connectivity index (χ1n) is 22.1. The molecule has 0 saturated carbocycles. The Bertz CT molecular complexity index is 1460. The highest BCUT2D eigenvalue weighted by Crippen LogP contribution is 2.43. The lowest BCUT2D eigenvalue weighted by Crippen LogP contribution is -2.29. The van der Waals surface area contributed by atoms with E-state index in [2.05, 4.69) is 128 Å². The van der Waals surface area contributed by atoms with Gasteiger partial charge in [0.1, 0.15) is 12.7 Å². The molecule has 3 atom stereocenters. The average Bonchev–Trinajstić information content (AvgIpc) is 3.25. The molecule has 0 aromatic rings. The fraction of sp³-hybridized carbons (Fsp3) is 0.520. The highest BCUT2D eigenvalue weighted by Gasteiger charge is 2.27. The van der Waals surface area contributed by atoms with E-state index in [-0.39, 0.29) is 12.8 Å². The van der Waals surface area contributed by atoms with Gasteiger partial charge in [0.15, 0.2) is 6.10 Å². The summed E-state index contributed by atoms with van der Waals surface area (Å²) in [6.07, 6.45) is 58.7. The predicted molar refractivity (Wildman–Crippen MR) is 251 cm³/mol. The van der Waals surface area contributed by atoms with Crippen molar-refractivity contribution in [3.8, 4) is 0 Å². The second-order valence-corrected chi connectivity index (χ2v) is 15.4. The molecule has 61 heavy (non-hydrogen) atoms. The van der Waals surface area contributed by atoms with Crippen LogP contribution in [0.5, 0.6) is 0 Å². The molecule has 11 heteroatoms. The zero-order chi connectivity index (χ0) is 44.8. The van der Waals surface area contributed by atoms with Crippen LogP contribution in [-0.4, -0.2) is 65.7 Å². The van der Waals surface area contributed by atoms with Gasteiger partial charge in [0, 0.05) is 12.8 Å². The Morgan fingerprint density at radius 2 is 0.885 bits per heavy atom. The monoisotopic (exact) mass is 869 g/mol. The number of ether oxygens (including phenoxy) is 2. The molecule has 0 heterocycles. The van der Waals surface area contributed by atoms with Gasteiger partial charge in [-0.2, -0.15) is 0 Å². The lowest BCUT2D eigenvalue weighted by Gasteiger charge is -2.20. The number of hydrogen-bond acceptors (Lipinski definition) is 9. The van der Waals surface area contributed by atoms with E-state index < -0.39 is 58.4 Å². The van der Waals surface area contributed by atoms with Gasteiger partial charge in [-0.1, -0.05) is 160 Å². The minimum atomic E-state index is -4.67. The standard InChI is InChI=1S/C50H77O10P/c1-3-5-7-9-11-13-15-17-19-21-23-25-27-29-31-33-35-37-39-41-49(53)57-45-48(46-59-61(55,56)58-44-47(52)43-51)60-50(54)42-40-38-36-34-32-30-28-26-24-22-20-18-16-14-12-10-8-6-4-2/h5,7,11-14,17-20,23-26,29-32,35-38,47-48,51-52H,3-4,6,8-10,15-16,21-22,27-28,33-34,39-46H2,1-2H3,(H,55,56). The summed E-state index contributed by atoms with van der Waals surface area (Å²) in [5.74, 6) is -1.13. The third-order valence-electron chi connectivity index (χ3n) is 8.32. The van der Waals surface area contributed by atoms with Gasteiger partial charge in [-0.25, -0.2) is 4.57 Å². The van der Waals surface area contributed by atoms with Crippen LogP contribution in [0, 0.1) is 0 Å². The van der Waals surface area contributed by atoms with Crippen LogP contribution in [0.4, 0.5) is 0 Å². The van der Waals surface area contributed by atoms with Crippen LogP contribution < -0.4 is 0 Å². The first-order valence-corrected chi connectivity index (χ1v) is 23.6. The summed E-state index contributed by atoms with van der Waals surface area (Å²) in [5, 5.41) is 18.3. The first-order chi connectivity index (χ1) is 29.7. The second kappa shape index (κ2) is 44.2. The molecular weight excluding hydrogens is 792 g/mol. The second-order valence-electron chi connectivity index (χ2n) is 14.0. The number of allylic oxidation sites excluding steroid dienone is 22. The van der Waals surface area contributed by atoms with Crippen LogP contribution in [0.2, 0.25) is 0 Å². The van der Waals surface area contributed by atoms with Crippen molar-refractivity contribution < 1.29 is 47.8 Å². The van der Waals surface area contributed by atoms with Crippen molar-refractivity contribution in [1.29, 1.82) is 0 Å². The summed E-state index contributed by atoms with van der Waals surface area (Å²) in [6.45, 7) is 2.03. The van der Waals surface area contributed by atoms with E-state index in [1.807, 2.05) is 24.3 Å². The normalized spacial score (nSPS) is 15.0. The van der Waals surface area contributed by atoms with Gasteiger partial charge in [0.25, 0.3) is 0 Å². The third kappa shape index (κ3) is 44.0. The van der Waals surface area contributed by atoms with Crippen LogP contribution in [-0.2, 0) is 32.7 Å². The van der Waals surface area contributed by atoms with E-state index in [0.717, 1.165) is 70.6 Å². The van der Waals surface area contributed by atoms with Gasteiger partial charge in [-0.05, 0) is 89.9 Å². The van der Waals surface area contributed by atoms with E-state index in [9.17, 15) is 24.2 Å². The zero-order valence-corrected chi connectivity index (χ0v) is 38.0. The summed E-state index contributed by atoms with van der Waals surface area (Å²) in [7, 11) is -4.67. The van der Waals surface area contributed by atoms with E-state index in [0.29, 0.717) is 12.8 Å². The maximum Gasteiger partial charge on any atom is 0.472 e. The van der Waals surface area contributed by atoms with E-state index in [4.69, 9.17) is 19.1 Å². The largest absolute Gasteiger partial charge is 0.472 e. The lowest BCUT2D eigenvalue weighted by molar-refractivity contribution is -0.161. The molecule has 10 nitrogen and oxygen atoms in total. The summed E-state index contributed by atoms with van der Waals surface area (Å²) in [5.41, 5.74) is 0. The number of hydrogen-bond donors (Lipinski definition) is 3. The Morgan fingerprint density at radius 1 is 0.508 bits per heavy atom. The third-order valence-corrected chi connectivity index (χ3v) is 9.27. The van der Waals surface area contributed by atoms with Crippen molar-refractivity contribution >= 4 is 19.8 Å². The van der Waals surface area contributed by atoms with Crippen molar-refractivity contribution in [2.75, 3.05) is 26.4 Å². The number of unbranched alkanes of at least 4 members (excludes halogenated alkanes) is 3. The van der Waals surface area contributed by atoms with Crippen molar-refractivity contribution in [1.82, 2.24) is 0 Å². The van der Waals surface area contributed by atoms with Crippen molar-refractivity contribution in [2.45, 2.75) is 142 Å². The SMILES string of the molecule is CCC=CCC=CCC=CCC=CCC=CCC=CCCC(=O)OCC(COP(=O)(O)OCC(O)CO)OC(=O)CCC=CCC=CCC=CCC=CCC=CCCCCC. The van der Waals surface area contributed by atoms with Crippen LogP contribution in [0.1, 0.15) is 129 Å². The maximum absolute atomic E-state index is 12.6. The minimum Gasteiger partial charge on any atom is -0.462 e. The van der Waals surface area contributed by atoms with Crippen molar-refractivity contribution in [3.05, 3.63) is 134 Å². The van der Waals surface area contributed by atoms with E-state index in [1.54, 1.807) is 0 Å². The number of phosphoric acid groups is 1. The number of aliphatic hydroxyl groups is 2. The first kappa shape index (κ1) is 57.1. The zero-order valence-electron chi connectivity index (χ0n) is 37.1. The molecule has 0 aliphatic heterocycles. The molecule has 0 amide bonds. The Labute approximate surface area is 368 Å². The fourth-order valence-corrected chi connectivity index (χ4v) is 5.73. The fourth-order valence-electron chi connectivity index (χ4n) is 4.94. The Kier molecular flexibility index (Phi) is 41.4. The van der Waals surface area contributed by atoms with Crippen LogP contribution in [0.25, 0.3) is 0 Å². The Balaban J connectivity index is 4.56. The quantitative estimate of drug-likeness (QED) is 0.0236. The van der Waals surface area contributed by atoms with Gasteiger partial charge in [0.05, 0.1) is 19.8 Å². The molecule has 0 fully saturated rings. The molecule has 0 spiro atoms. The highest BCUT2D eigenvalue weighted by atomic mass is 31.2. The van der Waals surface area contributed by atoms with Gasteiger partial charge in [-0.15, -0.1) is 0 Å². The summed E-state index contributed by atoms with van der Waals surface area (Å²) in [4.78, 5) is 35.0. The summed E-state index contributed by atoms with van der Waals surface area (Å²) >= 11 is 0. The molecule has 0 aliphatic carbocycles. The molecule has 3 unspecified atom stereocenters. The molecule has 0 saturated heterocycles. The maximum atomic E-state index is 12.6. The molecule has 0 radical (unpaired) electrons. The highest BCUT2D eigenvalue weighted by molar-refractivity contribution is 7.47. The molecule has 0 aliphatic rings. The molecular formula is C50H77O10P. The van der Waals surface area contributed by atoms with E-state index in [1.165, 1.54) is 19.3 Å². The van der Waals surface area contributed by atoms with Gasteiger partial charge in [-0.3, -0.25) is 18.6 Å². The van der Waals surface area contributed by atoms with E-state index >= 15 is 0 Å². The molecule has 0 bridgehead atoms. The van der Waals surface area contributed by atoms with Crippen LogP contribution in [0.3, 0.4) is 0 Å². The predicted octanol–water partition coefficient (Wildman–Crippen LogP) is 12.1. The topological polar surface area (TPSA) is 149 Å². The summed E-state index contributed by atoms with van der Waals surface area (Å²) in [6, 6.07) is 0. The number of carbonyl (C=O) groups is 2. The average molecular weight is 869 g/mol. The molecule has 3 N–H and O–H groups in total. The molecule has 0 aromatic carbocycles. The van der Waals surface area contributed by atoms with Crippen molar-refractivity contribution in [3.63, 3.8) is 0 Å². The number of phosphoric ester groups is 1. The van der Waals surface area contributed by atoms with Gasteiger partial charge in [0.2, 0.25) is 0 Å². The van der Waals surface area contributed by atoms with Crippen LogP contribution >= 0.6 is 7.82 Å². The number of rotatable bonds is 39. The van der Waals surface area contributed by atoms with Gasteiger partial charge < -0.3 is 24.6 Å². The molecule has 0 rings (SSSR count). The van der Waals surface area contributed by atoms with Gasteiger partial charge >= 0.3 is 19.8 Å². The van der Waals surface area contributed by atoms with Crippen molar-refractivity contribution in [2.24, 2.45) is 0 Å². The van der Waals surface area contributed by atoms with Crippen LogP contribution in [0.15, 0.2) is 134 Å². The molecule has 0 aromatic heterocycles. The Hall–Kier alpha value is -3.89.